The lowest BCUT2D eigenvalue weighted by molar-refractivity contribution is -0.116. The van der Waals surface area contributed by atoms with Gasteiger partial charge in [-0.1, -0.05) is 0 Å². The number of ether oxygens (including phenoxy) is 1. The molecular formula is C15H23N3O4S. The smallest absolute Gasteiger partial charge is 0.235 e. The van der Waals surface area contributed by atoms with Crippen molar-refractivity contribution in [1.29, 1.82) is 0 Å². The van der Waals surface area contributed by atoms with E-state index in [0.29, 0.717) is 49.5 Å². The number of rotatable bonds is 6. The highest BCUT2D eigenvalue weighted by Gasteiger charge is 2.28. The van der Waals surface area contributed by atoms with Gasteiger partial charge >= 0.3 is 0 Å². The number of benzene rings is 1. The Bertz CT molecular complexity index is 661. The number of nitrogens with zero attached hydrogens (tertiary/aromatic N) is 1. The highest BCUT2D eigenvalue weighted by atomic mass is 32.2. The van der Waals surface area contributed by atoms with Crippen LogP contribution < -0.4 is 20.1 Å². The normalized spacial score (nSPS) is 16.9. The van der Waals surface area contributed by atoms with Crippen molar-refractivity contribution in [3.05, 3.63) is 18.2 Å². The lowest BCUT2D eigenvalue weighted by Crippen LogP contribution is -2.38. The van der Waals surface area contributed by atoms with Crippen molar-refractivity contribution < 1.29 is 17.9 Å². The fourth-order valence-electron chi connectivity index (χ4n) is 2.51. The second kappa shape index (κ2) is 7.65. The maximum atomic E-state index is 12.3. The first-order chi connectivity index (χ1) is 11.0. The molecule has 0 saturated carbocycles. The summed E-state index contributed by atoms with van der Waals surface area (Å²) in [4.78, 5) is 11.8. The van der Waals surface area contributed by atoms with Crippen LogP contribution >= 0.6 is 0 Å². The molecule has 1 fully saturated rings. The molecule has 128 valence electrons. The van der Waals surface area contributed by atoms with E-state index in [4.69, 9.17) is 10.5 Å². The van der Waals surface area contributed by atoms with Gasteiger partial charge in [-0.25, -0.2) is 8.42 Å². The highest BCUT2D eigenvalue weighted by molar-refractivity contribution is 7.92. The minimum Gasteiger partial charge on any atom is -0.495 e. The van der Waals surface area contributed by atoms with Crippen molar-refractivity contribution in [3.8, 4) is 5.75 Å². The van der Waals surface area contributed by atoms with E-state index in [9.17, 15) is 13.2 Å². The molecule has 0 radical (unpaired) electrons. The molecule has 2 rings (SSSR count). The van der Waals surface area contributed by atoms with Crippen LogP contribution in [0.2, 0.25) is 0 Å². The molecule has 1 heterocycles. The SMILES string of the molecule is COc1ccc(NC(=O)CCCN)cc1N1CCCCS1(=O)=O. The van der Waals surface area contributed by atoms with Gasteiger partial charge in [-0.2, -0.15) is 0 Å². The summed E-state index contributed by atoms with van der Waals surface area (Å²) in [5, 5.41) is 2.76. The predicted octanol–water partition coefficient (Wildman–Crippen LogP) is 1.30. The van der Waals surface area contributed by atoms with Gasteiger partial charge in [0.2, 0.25) is 15.9 Å². The maximum Gasteiger partial charge on any atom is 0.235 e. The second-order valence-corrected chi connectivity index (χ2v) is 7.44. The number of hydrogen-bond donors (Lipinski definition) is 2. The van der Waals surface area contributed by atoms with E-state index >= 15 is 0 Å². The first-order valence-electron chi connectivity index (χ1n) is 7.66. The third-order valence-electron chi connectivity index (χ3n) is 3.69. The van der Waals surface area contributed by atoms with Gasteiger partial charge in [0.1, 0.15) is 5.75 Å². The number of hydrogen-bond acceptors (Lipinski definition) is 5. The zero-order valence-corrected chi connectivity index (χ0v) is 14.1. The molecule has 0 bridgehead atoms. The minimum atomic E-state index is -3.34. The van der Waals surface area contributed by atoms with Crippen LogP contribution in [0.5, 0.6) is 5.75 Å². The Balaban J connectivity index is 2.27. The summed E-state index contributed by atoms with van der Waals surface area (Å²) < 4.78 is 31.2. The van der Waals surface area contributed by atoms with Gasteiger partial charge in [-0.15, -0.1) is 0 Å². The number of nitrogens with one attached hydrogen (secondary N) is 1. The molecule has 1 aliphatic rings. The van der Waals surface area contributed by atoms with Crippen molar-refractivity contribution in [2.45, 2.75) is 25.7 Å². The van der Waals surface area contributed by atoms with Crippen LogP contribution in [0.25, 0.3) is 0 Å². The van der Waals surface area contributed by atoms with E-state index in [0.717, 1.165) is 6.42 Å². The van der Waals surface area contributed by atoms with Gasteiger partial charge in [0, 0.05) is 18.7 Å². The molecule has 1 aliphatic heterocycles. The molecule has 23 heavy (non-hydrogen) atoms. The molecule has 7 nitrogen and oxygen atoms in total. The van der Waals surface area contributed by atoms with Crippen molar-refractivity contribution in [1.82, 2.24) is 0 Å². The summed E-state index contributed by atoms with van der Waals surface area (Å²) in [6, 6.07) is 5.00. The van der Waals surface area contributed by atoms with Gasteiger partial charge in [0.05, 0.1) is 18.6 Å². The minimum absolute atomic E-state index is 0.128. The zero-order valence-electron chi connectivity index (χ0n) is 13.2. The van der Waals surface area contributed by atoms with Crippen LogP contribution in [-0.4, -0.2) is 40.3 Å². The largest absolute Gasteiger partial charge is 0.495 e. The van der Waals surface area contributed by atoms with E-state index in [1.54, 1.807) is 18.2 Å². The first-order valence-corrected chi connectivity index (χ1v) is 9.27. The number of anilines is 2. The lowest BCUT2D eigenvalue weighted by Gasteiger charge is -2.29. The molecule has 0 aliphatic carbocycles. The van der Waals surface area contributed by atoms with Crippen molar-refractivity contribution >= 4 is 27.3 Å². The zero-order chi connectivity index (χ0) is 16.9. The number of carbonyl (C=O) groups is 1. The number of methoxy groups -OCH3 is 1. The first kappa shape index (κ1) is 17.6. The highest BCUT2D eigenvalue weighted by Crippen LogP contribution is 2.35. The quantitative estimate of drug-likeness (QED) is 0.812. The van der Waals surface area contributed by atoms with Crippen LogP contribution in [0.1, 0.15) is 25.7 Å². The van der Waals surface area contributed by atoms with Gasteiger partial charge in [0.15, 0.2) is 0 Å². The summed E-state index contributed by atoms with van der Waals surface area (Å²) in [5.74, 6) is 0.451. The Kier molecular flexibility index (Phi) is 5.84. The third kappa shape index (κ3) is 4.35. The fourth-order valence-corrected chi connectivity index (χ4v) is 4.15. The number of sulfonamides is 1. The Hall–Kier alpha value is -1.80. The summed E-state index contributed by atoms with van der Waals surface area (Å²) in [6.45, 7) is 0.872. The molecule has 1 aromatic rings. The van der Waals surface area contributed by atoms with Crippen LogP contribution in [-0.2, 0) is 14.8 Å². The Labute approximate surface area is 136 Å². The van der Waals surface area contributed by atoms with Gasteiger partial charge < -0.3 is 15.8 Å². The Morgan fingerprint density at radius 3 is 2.83 bits per heavy atom. The lowest BCUT2D eigenvalue weighted by atomic mass is 10.2. The molecule has 1 saturated heterocycles. The predicted molar refractivity (Wildman–Crippen MR) is 90.3 cm³/mol. The molecular weight excluding hydrogens is 318 g/mol. The Morgan fingerprint density at radius 2 is 2.17 bits per heavy atom. The van der Waals surface area contributed by atoms with Crippen LogP contribution in [0, 0.1) is 0 Å². The van der Waals surface area contributed by atoms with Crippen molar-refractivity contribution in [2.24, 2.45) is 5.73 Å². The van der Waals surface area contributed by atoms with E-state index in [2.05, 4.69) is 5.32 Å². The standard InChI is InChI=1S/C15H23N3O4S/c1-22-14-7-6-12(17-15(19)5-4-8-16)11-13(14)18-9-2-3-10-23(18,20)21/h6-7,11H,2-5,8-10,16H2,1H3,(H,17,19). The van der Waals surface area contributed by atoms with E-state index in [1.165, 1.54) is 11.4 Å². The topological polar surface area (TPSA) is 102 Å². The summed E-state index contributed by atoms with van der Waals surface area (Å²) in [7, 11) is -1.85. The van der Waals surface area contributed by atoms with Crippen molar-refractivity contribution in [3.63, 3.8) is 0 Å². The van der Waals surface area contributed by atoms with E-state index < -0.39 is 10.0 Å². The molecule has 0 atom stereocenters. The Morgan fingerprint density at radius 1 is 1.39 bits per heavy atom. The molecule has 1 aromatic carbocycles. The van der Waals surface area contributed by atoms with Gasteiger partial charge in [-0.05, 0) is 44.0 Å². The van der Waals surface area contributed by atoms with E-state index in [1.807, 2.05) is 0 Å². The number of amides is 1. The monoisotopic (exact) mass is 341 g/mol. The summed E-state index contributed by atoms with van der Waals surface area (Å²) >= 11 is 0. The molecule has 3 N–H and O–H groups in total. The van der Waals surface area contributed by atoms with Gasteiger partial charge in [0.25, 0.3) is 0 Å². The average molecular weight is 341 g/mol. The van der Waals surface area contributed by atoms with Crippen LogP contribution in [0.3, 0.4) is 0 Å². The number of nitrogens with two attached hydrogens (primary N) is 1. The summed E-state index contributed by atoms with van der Waals surface area (Å²) in [6.07, 6.45) is 2.40. The number of carbonyl (C=O) groups excluding carboxylic acids is 1. The molecule has 0 spiro atoms. The third-order valence-corrected chi connectivity index (χ3v) is 5.54. The molecule has 0 aromatic heterocycles. The van der Waals surface area contributed by atoms with E-state index in [-0.39, 0.29) is 11.7 Å². The second-order valence-electron chi connectivity index (χ2n) is 5.42. The fraction of sp³-hybridized carbons (Fsp3) is 0.533. The van der Waals surface area contributed by atoms with Crippen LogP contribution in [0.15, 0.2) is 18.2 Å². The molecule has 8 heteroatoms. The molecule has 1 amide bonds. The summed E-state index contributed by atoms with van der Waals surface area (Å²) in [5.41, 5.74) is 6.40. The van der Waals surface area contributed by atoms with Gasteiger partial charge in [-0.3, -0.25) is 9.10 Å². The maximum absolute atomic E-state index is 12.3. The molecule has 0 unspecified atom stereocenters. The van der Waals surface area contributed by atoms with Crippen molar-refractivity contribution in [2.75, 3.05) is 35.6 Å². The average Bonchev–Trinajstić information content (AvgIpc) is 2.52. The van der Waals surface area contributed by atoms with Crippen LogP contribution in [0.4, 0.5) is 11.4 Å².